The maximum atomic E-state index is 5.79. The molecule has 0 aromatic carbocycles. The lowest BCUT2D eigenvalue weighted by atomic mass is 10.1. The molecule has 1 saturated heterocycles. The van der Waals surface area contributed by atoms with Gasteiger partial charge in [0.05, 0.1) is 4.47 Å². The van der Waals surface area contributed by atoms with E-state index in [0.717, 1.165) is 23.4 Å². The fourth-order valence-corrected chi connectivity index (χ4v) is 2.67. The van der Waals surface area contributed by atoms with Crippen LogP contribution in [0, 0.1) is 5.92 Å². The SMILES string of the molecule is CC(C)N1CCC(CNc2nc(Cl)ncc2Br)C1. The Bertz CT molecular complexity index is 413. The van der Waals surface area contributed by atoms with Gasteiger partial charge in [0, 0.05) is 25.3 Å². The molecule has 1 unspecified atom stereocenters. The molecule has 0 saturated carbocycles. The van der Waals surface area contributed by atoms with Crippen LogP contribution in [0.3, 0.4) is 0 Å². The van der Waals surface area contributed by atoms with Crippen LogP contribution in [0.1, 0.15) is 20.3 Å². The highest BCUT2D eigenvalue weighted by molar-refractivity contribution is 9.10. The lowest BCUT2D eigenvalue weighted by Crippen LogP contribution is -2.29. The van der Waals surface area contributed by atoms with E-state index in [2.05, 4.69) is 50.0 Å². The van der Waals surface area contributed by atoms with Crippen molar-refractivity contribution in [1.82, 2.24) is 14.9 Å². The highest BCUT2D eigenvalue weighted by atomic mass is 79.9. The second-order valence-corrected chi connectivity index (χ2v) is 6.15. The molecule has 0 spiro atoms. The molecule has 1 N–H and O–H groups in total. The van der Waals surface area contributed by atoms with Crippen molar-refractivity contribution in [3.63, 3.8) is 0 Å². The molecule has 2 rings (SSSR count). The van der Waals surface area contributed by atoms with Crippen LogP contribution in [-0.2, 0) is 0 Å². The Morgan fingerprint density at radius 1 is 1.61 bits per heavy atom. The van der Waals surface area contributed by atoms with E-state index in [0.29, 0.717) is 12.0 Å². The first-order valence-corrected chi connectivity index (χ1v) is 7.39. The van der Waals surface area contributed by atoms with Gasteiger partial charge in [-0.15, -0.1) is 0 Å². The molecule has 0 radical (unpaired) electrons. The van der Waals surface area contributed by atoms with Gasteiger partial charge in [0.25, 0.3) is 0 Å². The van der Waals surface area contributed by atoms with Crippen molar-refractivity contribution in [3.05, 3.63) is 16.0 Å². The van der Waals surface area contributed by atoms with Crippen LogP contribution >= 0.6 is 27.5 Å². The number of anilines is 1. The number of rotatable bonds is 4. The lowest BCUT2D eigenvalue weighted by molar-refractivity contribution is 0.266. The van der Waals surface area contributed by atoms with Gasteiger partial charge in [-0.3, -0.25) is 0 Å². The summed E-state index contributed by atoms with van der Waals surface area (Å²) in [5.41, 5.74) is 0. The molecular weight excluding hydrogens is 316 g/mol. The molecular formula is C12H18BrClN4. The Hall–Kier alpha value is -0.390. The first-order chi connectivity index (χ1) is 8.56. The largest absolute Gasteiger partial charge is 0.369 e. The average molecular weight is 334 g/mol. The molecule has 1 aliphatic rings. The third kappa shape index (κ3) is 3.56. The standard InChI is InChI=1S/C12H18BrClN4/c1-8(2)18-4-3-9(7-18)5-15-11-10(13)6-16-12(14)17-11/h6,8-9H,3-5,7H2,1-2H3,(H,15,16,17). The minimum absolute atomic E-state index is 0.274. The Balaban J connectivity index is 1.87. The minimum Gasteiger partial charge on any atom is -0.369 e. The van der Waals surface area contributed by atoms with E-state index in [-0.39, 0.29) is 5.28 Å². The van der Waals surface area contributed by atoms with Crippen molar-refractivity contribution < 1.29 is 0 Å². The summed E-state index contributed by atoms with van der Waals surface area (Å²) in [7, 11) is 0. The summed E-state index contributed by atoms with van der Waals surface area (Å²) >= 11 is 9.20. The van der Waals surface area contributed by atoms with Gasteiger partial charge in [0.15, 0.2) is 0 Å². The van der Waals surface area contributed by atoms with Crippen LogP contribution in [0.4, 0.5) is 5.82 Å². The van der Waals surface area contributed by atoms with Gasteiger partial charge in [-0.25, -0.2) is 4.98 Å². The second-order valence-electron chi connectivity index (χ2n) is 4.96. The van der Waals surface area contributed by atoms with Crippen molar-refractivity contribution in [3.8, 4) is 0 Å². The van der Waals surface area contributed by atoms with Crippen molar-refractivity contribution in [1.29, 1.82) is 0 Å². The van der Waals surface area contributed by atoms with Gasteiger partial charge in [-0.05, 0) is 60.3 Å². The third-order valence-electron chi connectivity index (χ3n) is 3.32. The number of halogens is 2. The lowest BCUT2D eigenvalue weighted by Gasteiger charge is -2.20. The molecule has 1 aromatic heterocycles. The van der Waals surface area contributed by atoms with Crippen LogP contribution in [0.5, 0.6) is 0 Å². The van der Waals surface area contributed by atoms with Crippen LogP contribution in [0.15, 0.2) is 10.7 Å². The average Bonchev–Trinajstić information content (AvgIpc) is 2.79. The molecule has 2 heterocycles. The summed E-state index contributed by atoms with van der Waals surface area (Å²) < 4.78 is 0.852. The molecule has 1 aromatic rings. The third-order valence-corrected chi connectivity index (χ3v) is 4.08. The Morgan fingerprint density at radius 2 is 2.39 bits per heavy atom. The fraction of sp³-hybridized carbons (Fsp3) is 0.667. The molecule has 4 nitrogen and oxygen atoms in total. The number of likely N-dealkylation sites (tertiary alicyclic amines) is 1. The van der Waals surface area contributed by atoms with Gasteiger partial charge in [-0.1, -0.05) is 0 Å². The molecule has 0 bridgehead atoms. The van der Waals surface area contributed by atoms with Crippen molar-refractivity contribution in [2.75, 3.05) is 25.0 Å². The predicted octanol–water partition coefficient (Wildman–Crippen LogP) is 3.03. The maximum Gasteiger partial charge on any atom is 0.224 e. The quantitative estimate of drug-likeness (QED) is 0.860. The minimum atomic E-state index is 0.274. The van der Waals surface area contributed by atoms with E-state index in [9.17, 15) is 0 Å². The van der Waals surface area contributed by atoms with E-state index in [1.165, 1.54) is 13.0 Å². The number of hydrogen-bond donors (Lipinski definition) is 1. The van der Waals surface area contributed by atoms with Crippen molar-refractivity contribution in [2.45, 2.75) is 26.3 Å². The van der Waals surface area contributed by atoms with E-state index >= 15 is 0 Å². The normalized spacial score (nSPS) is 20.6. The zero-order chi connectivity index (χ0) is 13.1. The Labute approximate surface area is 121 Å². The van der Waals surface area contributed by atoms with Gasteiger partial charge in [0.1, 0.15) is 5.82 Å². The summed E-state index contributed by atoms with van der Waals surface area (Å²) in [6.45, 7) is 7.76. The van der Waals surface area contributed by atoms with Gasteiger partial charge < -0.3 is 10.2 Å². The number of hydrogen-bond acceptors (Lipinski definition) is 4. The highest BCUT2D eigenvalue weighted by Crippen LogP contribution is 2.23. The summed E-state index contributed by atoms with van der Waals surface area (Å²) in [5.74, 6) is 1.45. The second kappa shape index (κ2) is 6.17. The summed E-state index contributed by atoms with van der Waals surface area (Å²) in [5, 5.41) is 3.62. The smallest absolute Gasteiger partial charge is 0.224 e. The summed E-state index contributed by atoms with van der Waals surface area (Å²) in [6, 6.07) is 0.634. The zero-order valence-corrected chi connectivity index (χ0v) is 13.0. The van der Waals surface area contributed by atoms with Crippen LogP contribution in [0.25, 0.3) is 0 Å². The van der Waals surface area contributed by atoms with E-state index < -0.39 is 0 Å². The first kappa shape index (κ1) is 14.0. The Kier molecular flexibility index (Phi) is 4.81. The molecule has 0 aliphatic carbocycles. The van der Waals surface area contributed by atoms with Crippen LogP contribution in [-0.4, -0.2) is 40.5 Å². The molecule has 100 valence electrons. The molecule has 18 heavy (non-hydrogen) atoms. The number of aromatic nitrogens is 2. The maximum absolute atomic E-state index is 5.79. The van der Waals surface area contributed by atoms with Crippen molar-refractivity contribution >= 4 is 33.3 Å². The van der Waals surface area contributed by atoms with Crippen LogP contribution in [0.2, 0.25) is 5.28 Å². The highest BCUT2D eigenvalue weighted by Gasteiger charge is 2.24. The predicted molar refractivity (Wildman–Crippen MR) is 78.0 cm³/mol. The van der Waals surface area contributed by atoms with Gasteiger partial charge in [-0.2, -0.15) is 4.98 Å². The molecule has 0 amide bonds. The van der Waals surface area contributed by atoms with E-state index in [1.807, 2.05) is 0 Å². The van der Waals surface area contributed by atoms with E-state index in [1.54, 1.807) is 6.20 Å². The monoisotopic (exact) mass is 332 g/mol. The first-order valence-electron chi connectivity index (χ1n) is 6.22. The topological polar surface area (TPSA) is 41.0 Å². The van der Waals surface area contributed by atoms with Crippen LogP contribution < -0.4 is 5.32 Å². The van der Waals surface area contributed by atoms with Gasteiger partial charge in [0.2, 0.25) is 5.28 Å². The summed E-state index contributed by atoms with van der Waals surface area (Å²) in [4.78, 5) is 10.6. The summed E-state index contributed by atoms with van der Waals surface area (Å²) in [6.07, 6.45) is 2.91. The van der Waals surface area contributed by atoms with Gasteiger partial charge >= 0.3 is 0 Å². The number of nitrogens with zero attached hydrogens (tertiary/aromatic N) is 3. The molecule has 1 aliphatic heterocycles. The molecule has 1 fully saturated rings. The number of nitrogens with one attached hydrogen (secondary N) is 1. The van der Waals surface area contributed by atoms with E-state index in [4.69, 9.17) is 11.6 Å². The Morgan fingerprint density at radius 3 is 3.06 bits per heavy atom. The molecule has 6 heteroatoms. The fourth-order valence-electron chi connectivity index (χ4n) is 2.21. The van der Waals surface area contributed by atoms with Crippen molar-refractivity contribution in [2.24, 2.45) is 5.92 Å². The molecule has 1 atom stereocenters. The zero-order valence-electron chi connectivity index (χ0n) is 10.7.